The number of nitrogens with zero attached hydrogens (tertiary/aromatic N) is 2. The number of aliphatic hydroxyl groups excluding tert-OH is 1. The van der Waals surface area contributed by atoms with Crippen molar-refractivity contribution in [3.63, 3.8) is 0 Å². The normalized spacial score (nSPS) is 20.4. The molecule has 0 bridgehead atoms. The van der Waals surface area contributed by atoms with Crippen molar-refractivity contribution < 1.29 is 5.11 Å². The van der Waals surface area contributed by atoms with E-state index in [1.807, 2.05) is 0 Å². The number of nitrogens with two attached hydrogens (primary N) is 1. The molecule has 1 aromatic rings. The highest BCUT2D eigenvalue weighted by molar-refractivity contribution is 9.10. The Bertz CT molecular complexity index is 352. The molecule has 16 heavy (non-hydrogen) atoms. The quantitative estimate of drug-likeness (QED) is 0.886. The Morgan fingerprint density at radius 3 is 3.06 bits per heavy atom. The molecule has 1 aliphatic rings. The summed E-state index contributed by atoms with van der Waals surface area (Å²) in [6.07, 6.45) is 5.44. The van der Waals surface area contributed by atoms with Crippen LogP contribution in [-0.4, -0.2) is 29.8 Å². The molecule has 0 radical (unpaired) electrons. The van der Waals surface area contributed by atoms with Gasteiger partial charge >= 0.3 is 0 Å². The number of hydrogen-bond donors (Lipinski definition) is 2. The van der Waals surface area contributed by atoms with E-state index in [1.165, 1.54) is 0 Å². The fourth-order valence-electron chi connectivity index (χ4n) is 2.23. The molecule has 3 N–H and O–H groups in total. The predicted molar refractivity (Wildman–Crippen MR) is 68.4 cm³/mol. The first kappa shape index (κ1) is 11.7. The number of pyridine rings is 1. The Morgan fingerprint density at radius 2 is 2.38 bits per heavy atom. The highest BCUT2D eigenvalue weighted by atomic mass is 79.9. The molecule has 2 heterocycles. The van der Waals surface area contributed by atoms with Crippen LogP contribution in [0.2, 0.25) is 0 Å². The number of hydrogen-bond acceptors (Lipinski definition) is 4. The van der Waals surface area contributed by atoms with E-state index in [9.17, 15) is 0 Å². The molecule has 1 saturated heterocycles. The second-order valence-corrected chi connectivity index (χ2v) is 5.03. The van der Waals surface area contributed by atoms with Gasteiger partial charge in [0.2, 0.25) is 0 Å². The SMILES string of the molecule is Nc1cncc(Br)c1N1CCC(CCO)C1. The maximum atomic E-state index is 8.93. The van der Waals surface area contributed by atoms with Gasteiger partial charge in [0.15, 0.2) is 0 Å². The summed E-state index contributed by atoms with van der Waals surface area (Å²) in [5, 5.41) is 8.93. The minimum Gasteiger partial charge on any atom is -0.396 e. The zero-order chi connectivity index (χ0) is 11.5. The van der Waals surface area contributed by atoms with Crippen molar-refractivity contribution in [2.45, 2.75) is 12.8 Å². The van der Waals surface area contributed by atoms with Crippen LogP contribution >= 0.6 is 15.9 Å². The topological polar surface area (TPSA) is 62.4 Å². The molecule has 0 saturated carbocycles. The Balaban J connectivity index is 2.14. The summed E-state index contributed by atoms with van der Waals surface area (Å²) in [5.41, 5.74) is 7.68. The first-order valence-electron chi connectivity index (χ1n) is 5.47. The van der Waals surface area contributed by atoms with E-state index in [-0.39, 0.29) is 6.61 Å². The van der Waals surface area contributed by atoms with Crippen LogP contribution in [-0.2, 0) is 0 Å². The van der Waals surface area contributed by atoms with Gasteiger partial charge in [-0.25, -0.2) is 0 Å². The van der Waals surface area contributed by atoms with Crippen molar-refractivity contribution in [2.75, 3.05) is 30.3 Å². The average molecular weight is 286 g/mol. The average Bonchev–Trinajstić information content (AvgIpc) is 2.67. The van der Waals surface area contributed by atoms with Crippen LogP contribution < -0.4 is 10.6 Å². The van der Waals surface area contributed by atoms with E-state index < -0.39 is 0 Å². The first-order chi connectivity index (χ1) is 7.72. The first-order valence-corrected chi connectivity index (χ1v) is 6.26. The minimum absolute atomic E-state index is 0.269. The third kappa shape index (κ3) is 2.30. The summed E-state index contributed by atoms with van der Waals surface area (Å²) in [6.45, 7) is 2.23. The maximum Gasteiger partial charge on any atom is 0.0776 e. The summed E-state index contributed by atoms with van der Waals surface area (Å²) < 4.78 is 0.942. The van der Waals surface area contributed by atoms with E-state index in [1.54, 1.807) is 12.4 Å². The van der Waals surface area contributed by atoms with Crippen molar-refractivity contribution in [3.05, 3.63) is 16.9 Å². The standard InChI is InChI=1S/C11H16BrN3O/c12-9-5-14-6-10(13)11(9)15-3-1-8(7-15)2-4-16/h5-6,8,16H,1-4,7,13H2. The molecular weight excluding hydrogens is 270 g/mol. The van der Waals surface area contributed by atoms with Crippen molar-refractivity contribution in [1.82, 2.24) is 4.98 Å². The van der Waals surface area contributed by atoms with Crippen molar-refractivity contribution in [3.8, 4) is 0 Å². The lowest BCUT2D eigenvalue weighted by molar-refractivity contribution is 0.263. The van der Waals surface area contributed by atoms with Crippen molar-refractivity contribution in [2.24, 2.45) is 5.92 Å². The van der Waals surface area contributed by atoms with Gasteiger partial charge in [-0.2, -0.15) is 0 Å². The Kier molecular flexibility index (Phi) is 3.66. The Labute approximate surface area is 104 Å². The highest BCUT2D eigenvalue weighted by Crippen LogP contribution is 2.35. The van der Waals surface area contributed by atoms with Gasteiger partial charge in [-0.1, -0.05) is 0 Å². The summed E-state index contributed by atoms with van der Waals surface area (Å²) in [5.74, 6) is 0.574. The molecule has 88 valence electrons. The van der Waals surface area contributed by atoms with E-state index in [0.717, 1.165) is 36.1 Å². The molecule has 2 rings (SSSR count). The van der Waals surface area contributed by atoms with Crippen LogP contribution in [0.4, 0.5) is 11.4 Å². The molecule has 1 atom stereocenters. The molecule has 1 fully saturated rings. The zero-order valence-electron chi connectivity index (χ0n) is 9.06. The minimum atomic E-state index is 0.269. The van der Waals surface area contributed by atoms with Gasteiger partial charge < -0.3 is 15.7 Å². The number of nitrogen functional groups attached to an aromatic ring is 1. The number of aromatic nitrogens is 1. The van der Waals surface area contributed by atoms with Gasteiger partial charge in [0.05, 0.1) is 22.0 Å². The fourth-order valence-corrected chi connectivity index (χ4v) is 2.83. The van der Waals surface area contributed by atoms with Crippen LogP contribution in [0.25, 0.3) is 0 Å². The van der Waals surface area contributed by atoms with Gasteiger partial charge in [-0.05, 0) is 34.7 Å². The molecule has 4 nitrogen and oxygen atoms in total. The molecule has 0 aromatic carbocycles. The molecule has 1 aromatic heterocycles. The summed E-state index contributed by atoms with van der Waals surface area (Å²) in [6, 6.07) is 0. The van der Waals surface area contributed by atoms with Gasteiger partial charge in [0, 0.05) is 25.9 Å². The van der Waals surface area contributed by atoms with Gasteiger partial charge in [0.25, 0.3) is 0 Å². The molecule has 1 aliphatic heterocycles. The second kappa shape index (κ2) is 5.01. The van der Waals surface area contributed by atoms with E-state index in [0.29, 0.717) is 11.6 Å². The lowest BCUT2D eigenvalue weighted by Gasteiger charge is -2.21. The summed E-state index contributed by atoms with van der Waals surface area (Å²) >= 11 is 3.48. The summed E-state index contributed by atoms with van der Waals surface area (Å²) in [4.78, 5) is 6.30. The van der Waals surface area contributed by atoms with E-state index in [4.69, 9.17) is 10.8 Å². The lowest BCUT2D eigenvalue weighted by atomic mass is 10.1. The Hall–Kier alpha value is -0.810. The van der Waals surface area contributed by atoms with E-state index in [2.05, 4.69) is 25.8 Å². The lowest BCUT2D eigenvalue weighted by Crippen LogP contribution is -2.21. The Morgan fingerprint density at radius 1 is 1.56 bits per heavy atom. The molecule has 0 spiro atoms. The third-order valence-electron chi connectivity index (χ3n) is 3.04. The highest BCUT2D eigenvalue weighted by Gasteiger charge is 2.24. The fraction of sp³-hybridized carbons (Fsp3) is 0.545. The van der Waals surface area contributed by atoms with Crippen molar-refractivity contribution in [1.29, 1.82) is 0 Å². The largest absolute Gasteiger partial charge is 0.396 e. The van der Waals surface area contributed by atoms with Crippen LogP contribution in [0.3, 0.4) is 0 Å². The monoisotopic (exact) mass is 285 g/mol. The molecule has 0 aliphatic carbocycles. The third-order valence-corrected chi connectivity index (χ3v) is 3.62. The van der Waals surface area contributed by atoms with Crippen LogP contribution in [0.15, 0.2) is 16.9 Å². The van der Waals surface area contributed by atoms with Gasteiger partial charge in [-0.3, -0.25) is 4.98 Å². The predicted octanol–water partition coefficient (Wildman–Crippen LogP) is 1.64. The maximum absolute atomic E-state index is 8.93. The summed E-state index contributed by atoms with van der Waals surface area (Å²) in [7, 11) is 0. The number of aliphatic hydroxyl groups is 1. The smallest absolute Gasteiger partial charge is 0.0776 e. The van der Waals surface area contributed by atoms with Crippen LogP contribution in [0.5, 0.6) is 0 Å². The van der Waals surface area contributed by atoms with Gasteiger partial charge in [0.1, 0.15) is 0 Å². The van der Waals surface area contributed by atoms with Crippen LogP contribution in [0, 0.1) is 5.92 Å². The zero-order valence-corrected chi connectivity index (χ0v) is 10.7. The number of rotatable bonds is 3. The molecular formula is C11H16BrN3O. The molecule has 1 unspecified atom stereocenters. The molecule has 5 heteroatoms. The van der Waals surface area contributed by atoms with Crippen LogP contribution in [0.1, 0.15) is 12.8 Å². The number of anilines is 2. The molecule has 0 amide bonds. The van der Waals surface area contributed by atoms with Gasteiger partial charge in [-0.15, -0.1) is 0 Å². The number of halogens is 1. The second-order valence-electron chi connectivity index (χ2n) is 4.17. The van der Waals surface area contributed by atoms with Crippen molar-refractivity contribution >= 4 is 27.3 Å². The van der Waals surface area contributed by atoms with E-state index >= 15 is 0 Å².